The minimum atomic E-state index is -3.52. The summed E-state index contributed by atoms with van der Waals surface area (Å²) >= 11 is 3.04. The highest BCUT2D eigenvalue weighted by Crippen LogP contribution is 2.35. The van der Waals surface area contributed by atoms with Crippen molar-refractivity contribution in [3.63, 3.8) is 0 Å². The number of piperidine rings is 1. The number of nitrogens with zero attached hydrogens (tertiary/aromatic N) is 2. The summed E-state index contributed by atoms with van der Waals surface area (Å²) in [5, 5.41) is 6.07. The largest absolute Gasteiger partial charge is 0.338 e. The number of carbonyl (C=O) groups excluding carboxylic acids is 1. The van der Waals surface area contributed by atoms with Gasteiger partial charge in [0.25, 0.3) is 5.91 Å². The highest BCUT2D eigenvalue weighted by atomic mass is 32.2. The van der Waals surface area contributed by atoms with Gasteiger partial charge in [-0.1, -0.05) is 12.1 Å². The standard InChI is InChI=1S/C18H19N3O3S3/c19-27(23,24)11-12-4-3-9-21(10-12)18(22)16-8-7-15(25-16)17-20-13-5-1-2-6-14(13)26-17/h1-2,5-8,12H,3-4,9-11H2,(H2,19,23,24)/t12-/m1/s1. The number of para-hydroxylation sites is 1. The van der Waals surface area contributed by atoms with Crippen LogP contribution in [0.4, 0.5) is 0 Å². The first-order valence-electron chi connectivity index (χ1n) is 8.64. The summed E-state index contributed by atoms with van der Waals surface area (Å²) in [7, 11) is -3.52. The molecule has 0 bridgehead atoms. The molecule has 1 aliphatic heterocycles. The average Bonchev–Trinajstić information content (AvgIpc) is 3.26. The molecule has 1 atom stereocenters. The summed E-state index contributed by atoms with van der Waals surface area (Å²) in [6.45, 7) is 1.08. The van der Waals surface area contributed by atoms with Gasteiger partial charge in [0.2, 0.25) is 10.0 Å². The number of nitrogens with two attached hydrogens (primary N) is 1. The molecule has 0 radical (unpaired) electrons. The Kier molecular flexibility index (Phi) is 5.02. The topological polar surface area (TPSA) is 93.4 Å². The zero-order valence-corrected chi connectivity index (χ0v) is 16.9. The van der Waals surface area contributed by atoms with Crippen molar-refractivity contribution in [3.05, 3.63) is 41.3 Å². The zero-order valence-electron chi connectivity index (χ0n) is 14.5. The van der Waals surface area contributed by atoms with Crippen LogP contribution in [0.2, 0.25) is 0 Å². The average molecular weight is 422 g/mol. The number of benzene rings is 1. The Morgan fingerprint density at radius 2 is 2.04 bits per heavy atom. The van der Waals surface area contributed by atoms with Crippen molar-refractivity contribution >= 4 is 48.8 Å². The van der Waals surface area contributed by atoms with Gasteiger partial charge in [0.05, 0.1) is 25.7 Å². The summed E-state index contributed by atoms with van der Waals surface area (Å²) in [5.41, 5.74) is 0.959. The highest BCUT2D eigenvalue weighted by Gasteiger charge is 2.27. The molecule has 1 aromatic carbocycles. The lowest BCUT2D eigenvalue weighted by molar-refractivity contribution is 0.0689. The summed E-state index contributed by atoms with van der Waals surface area (Å²) in [5.74, 6) is -0.217. The number of likely N-dealkylation sites (tertiary alicyclic amines) is 1. The third kappa shape index (κ3) is 4.21. The van der Waals surface area contributed by atoms with E-state index < -0.39 is 10.0 Å². The molecule has 1 fully saturated rings. The van der Waals surface area contributed by atoms with Gasteiger partial charge >= 0.3 is 0 Å². The first kappa shape index (κ1) is 18.5. The molecule has 4 rings (SSSR count). The quantitative estimate of drug-likeness (QED) is 0.700. The van der Waals surface area contributed by atoms with Gasteiger partial charge in [0.1, 0.15) is 5.01 Å². The number of primary sulfonamides is 1. The molecule has 0 aliphatic carbocycles. The van der Waals surface area contributed by atoms with Crippen LogP contribution in [0.3, 0.4) is 0 Å². The van der Waals surface area contributed by atoms with Crippen LogP contribution in [0.25, 0.3) is 20.1 Å². The minimum Gasteiger partial charge on any atom is -0.338 e. The van der Waals surface area contributed by atoms with Crippen LogP contribution >= 0.6 is 22.7 Å². The van der Waals surface area contributed by atoms with Crippen LogP contribution in [0.1, 0.15) is 22.5 Å². The molecule has 142 valence electrons. The van der Waals surface area contributed by atoms with Crippen molar-refractivity contribution in [2.24, 2.45) is 11.1 Å². The fourth-order valence-electron chi connectivity index (χ4n) is 3.42. The Balaban J connectivity index is 1.51. The van der Waals surface area contributed by atoms with Gasteiger partial charge in [-0.3, -0.25) is 4.79 Å². The lowest BCUT2D eigenvalue weighted by Gasteiger charge is -2.32. The molecule has 3 heterocycles. The molecular weight excluding hydrogens is 402 g/mol. The van der Waals surface area contributed by atoms with Crippen molar-refractivity contribution < 1.29 is 13.2 Å². The van der Waals surface area contributed by atoms with E-state index in [1.54, 1.807) is 16.2 Å². The second-order valence-corrected chi connectivity index (χ2v) is 10.5. The zero-order chi connectivity index (χ0) is 19.0. The SMILES string of the molecule is NS(=O)(=O)C[C@@H]1CCCN(C(=O)c2ccc(-c3nc4ccccc4s3)s2)C1. The number of amides is 1. The van der Waals surface area contributed by atoms with Crippen LogP contribution in [0.5, 0.6) is 0 Å². The molecule has 3 aromatic rings. The molecule has 0 spiro atoms. The summed E-state index contributed by atoms with van der Waals surface area (Å²) < 4.78 is 23.8. The predicted molar refractivity (Wildman–Crippen MR) is 110 cm³/mol. The summed E-state index contributed by atoms with van der Waals surface area (Å²) in [4.78, 5) is 20.9. The number of thiophene rings is 1. The molecule has 0 saturated carbocycles. The lowest BCUT2D eigenvalue weighted by Crippen LogP contribution is -2.42. The van der Waals surface area contributed by atoms with Gasteiger partial charge in [-0.25, -0.2) is 18.5 Å². The van der Waals surface area contributed by atoms with Crippen LogP contribution in [-0.4, -0.2) is 43.1 Å². The van der Waals surface area contributed by atoms with Crippen molar-refractivity contribution in [2.75, 3.05) is 18.8 Å². The number of rotatable bonds is 4. The number of thiazole rings is 1. The molecule has 6 nitrogen and oxygen atoms in total. The van der Waals surface area contributed by atoms with E-state index in [2.05, 4.69) is 4.98 Å². The van der Waals surface area contributed by atoms with E-state index in [4.69, 9.17) is 5.14 Å². The molecule has 1 aliphatic rings. The normalized spacial score (nSPS) is 18.1. The van der Waals surface area contributed by atoms with Crippen molar-refractivity contribution in [1.29, 1.82) is 0 Å². The Bertz CT molecular complexity index is 1050. The fourth-order valence-corrected chi connectivity index (χ4v) is 6.34. The maximum atomic E-state index is 12.9. The molecule has 27 heavy (non-hydrogen) atoms. The van der Waals surface area contributed by atoms with E-state index in [0.29, 0.717) is 18.0 Å². The highest BCUT2D eigenvalue weighted by molar-refractivity contribution is 7.89. The molecule has 9 heteroatoms. The minimum absolute atomic E-state index is 0.0496. The number of hydrogen-bond acceptors (Lipinski definition) is 6. The van der Waals surface area contributed by atoms with E-state index in [-0.39, 0.29) is 17.6 Å². The number of hydrogen-bond donors (Lipinski definition) is 1. The van der Waals surface area contributed by atoms with E-state index in [1.165, 1.54) is 11.3 Å². The maximum absolute atomic E-state index is 12.9. The van der Waals surface area contributed by atoms with E-state index in [0.717, 1.165) is 32.9 Å². The molecule has 2 N–H and O–H groups in total. The maximum Gasteiger partial charge on any atom is 0.263 e. The second kappa shape index (κ2) is 7.31. The van der Waals surface area contributed by atoms with E-state index in [9.17, 15) is 13.2 Å². The fraction of sp³-hybridized carbons (Fsp3) is 0.333. The number of sulfonamides is 1. The Morgan fingerprint density at radius 1 is 1.22 bits per heavy atom. The Labute approximate surface area is 165 Å². The number of carbonyl (C=O) groups is 1. The predicted octanol–water partition coefficient (Wildman–Crippen LogP) is 3.17. The van der Waals surface area contributed by atoms with Gasteiger partial charge in [-0.15, -0.1) is 22.7 Å². The van der Waals surface area contributed by atoms with Crippen molar-refractivity contribution in [3.8, 4) is 9.88 Å². The molecule has 0 unspecified atom stereocenters. The molecule has 2 aromatic heterocycles. The first-order valence-corrected chi connectivity index (χ1v) is 12.0. The Morgan fingerprint density at radius 3 is 2.81 bits per heavy atom. The number of aromatic nitrogens is 1. The second-order valence-electron chi connectivity index (χ2n) is 6.74. The van der Waals surface area contributed by atoms with Gasteiger partial charge in [-0.2, -0.15) is 0 Å². The number of fused-ring (bicyclic) bond motifs is 1. The summed E-state index contributed by atoms with van der Waals surface area (Å²) in [6, 6.07) is 11.7. The smallest absolute Gasteiger partial charge is 0.263 e. The first-order chi connectivity index (χ1) is 12.9. The van der Waals surface area contributed by atoms with Crippen LogP contribution in [-0.2, 0) is 10.0 Å². The van der Waals surface area contributed by atoms with Gasteiger partial charge in [-0.05, 0) is 43.0 Å². The van der Waals surface area contributed by atoms with Gasteiger partial charge < -0.3 is 4.90 Å². The third-order valence-electron chi connectivity index (χ3n) is 4.60. The molecule has 1 saturated heterocycles. The lowest BCUT2D eigenvalue weighted by atomic mass is 10.00. The molecule has 1 amide bonds. The van der Waals surface area contributed by atoms with E-state index >= 15 is 0 Å². The molecular formula is C18H19N3O3S3. The van der Waals surface area contributed by atoms with E-state index in [1.807, 2.05) is 36.4 Å². The van der Waals surface area contributed by atoms with Gasteiger partial charge in [0, 0.05) is 13.1 Å². The summed E-state index contributed by atoms with van der Waals surface area (Å²) in [6.07, 6.45) is 1.57. The van der Waals surface area contributed by atoms with Crippen LogP contribution in [0, 0.1) is 5.92 Å². The monoisotopic (exact) mass is 421 g/mol. The van der Waals surface area contributed by atoms with Crippen LogP contribution in [0.15, 0.2) is 36.4 Å². The van der Waals surface area contributed by atoms with Crippen molar-refractivity contribution in [2.45, 2.75) is 12.8 Å². The third-order valence-corrected chi connectivity index (χ3v) is 7.81. The van der Waals surface area contributed by atoms with Crippen molar-refractivity contribution in [1.82, 2.24) is 9.88 Å². The van der Waals surface area contributed by atoms with Crippen LogP contribution < -0.4 is 5.14 Å². The Hall–Kier alpha value is -1.81. The van der Waals surface area contributed by atoms with Gasteiger partial charge in [0.15, 0.2) is 0 Å².